The first-order valence-corrected chi connectivity index (χ1v) is 8.32. The SMILES string of the molecule is Cn1ccnc1C(NC(=O)c1ccccc1I)c1ccccc1. The summed E-state index contributed by atoms with van der Waals surface area (Å²) in [6.07, 6.45) is 3.62. The van der Waals surface area contributed by atoms with E-state index in [2.05, 4.69) is 32.9 Å². The predicted molar refractivity (Wildman–Crippen MR) is 98.1 cm³/mol. The fraction of sp³-hybridized carbons (Fsp3) is 0.111. The molecule has 2 aromatic carbocycles. The number of imidazole rings is 1. The van der Waals surface area contributed by atoms with Crippen molar-refractivity contribution in [3.63, 3.8) is 0 Å². The molecule has 3 rings (SSSR count). The Hall–Kier alpha value is -2.15. The van der Waals surface area contributed by atoms with E-state index in [4.69, 9.17) is 0 Å². The summed E-state index contributed by atoms with van der Waals surface area (Å²) in [5.41, 5.74) is 1.67. The molecule has 1 atom stereocenters. The molecule has 0 aliphatic heterocycles. The van der Waals surface area contributed by atoms with Gasteiger partial charge in [0.05, 0.1) is 5.56 Å². The van der Waals surface area contributed by atoms with Gasteiger partial charge in [0, 0.05) is 23.0 Å². The lowest BCUT2D eigenvalue weighted by Crippen LogP contribution is -2.31. The number of aromatic nitrogens is 2. The second-order valence-electron chi connectivity index (χ2n) is 5.19. The van der Waals surface area contributed by atoms with Crippen molar-refractivity contribution in [2.45, 2.75) is 6.04 Å². The van der Waals surface area contributed by atoms with Crippen LogP contribution in [0, 0.1) is 3.57 Å². The molecule has 0 fully saturated rings. The highest BCUT2D eigenvalue weighted by atomic mass is 127. The minimum Gasteiger partial charge on any atom is -0.338 e. The van der Waals surface area contributed by atoms with Gasteiger partial charge < -0.3 is 9.88 Å². The van der Waals surface area contributed by atoms with E-state index in [1.54, 1.807) is 6.20 Å². The van der Waals surface area contributed by atoms with Crippen molar-refractivity contribution in [2.75, 3.05) is 0 Å². The summed E-state index contributed by atoms with van der Waals surface area (Å²) >= 11 is 2.18. The van der Waals surface area contributed by atoms with Crippen LogP contribution in [0.25, 0.3) is 0 Å². The number of carbonyl (C=O) groups is 1. The van der Waals surface area contributed by atoms with Crippen LogP contribution in [0.15, 0.2) is 67.0 Å². The van der Waals surface area contributed by atoms with Crippen LogP contribution in [0.3, 0.4) is 0 Å². The van der Waals surface area contributed by atoms with E-state index in [-0.39, 0.29) is 11.9 Å². The molecule has 1 aromatic heterocycles. The van der Waals surface area contributed by atoms with E-state index in [1.807, 2.05) is 72.4 Å². The van der Waals surface area contributed by atoms with Gasteiger partial charge >= 0.3 is 0 Å². The van der Waals surface area contributed by atoms with Crippen molar-refractivity contribution < 1.29 is 4.79 Å². The maximum atomic E-state index is 12.7. The molecule has 5 heteroatoms. The summed E-state index contributed by atoms with van der Waals surface area (Å²) < 4.78 is 2.85. The normalized spacial score (nSPS) is 11.9. The quantitative estimate of drug-likeness (QED) is 0.661. The van der Waals surface area contributed by atoms with E-state index in [0.717, 1.165) is 15.0 Å². The lowest BCUT2D eigenvalue weighted by Gasteiger charge is -2.19. The molecule has 0 aliphatic rings. The number of rotatable bonds is 4. The maximum Gasteiger partial charge on any atom is 0.253 e. The van der Waals surface area contributed by atoms with E-state index in [1.165, 1.54) is 0 Å². The molecule has 0 saturated carbocycles. The predicted octanol–water partition coefficient (Wildman–Crippen LogP) is 3.54. The molecule has 23 heavy (non-hydrogen) atoms. The number of halogens is 1. The molecule has 1 unspecified atom stereocenters. The molecular formula is C18H16IN3O. The first-order chi connectivity index (χ1) is 11.2. The van der Waals surface area contributed by atoms with E-state index in [0.29, 0.717) is 5.56 Å². The van der Waals surface area contributed by atoms with Crippen molar-refractivity contribution >= 4 is 28.5 Å². The average molecular weight is 417 g/mol. The summed E-state index contributed by atoms with van der Waals surface area (Å²) in [5.74, 6) is 0.697. The smallest absolute Gasteiger partial charge is 0.253 e. The van der Waals surface area contributed by atoms with Crippen LogP contribution < -0.4 is 5.32 Å². The number of amides is 1. The number of nitrogens with one attached hydrogen (secondary N) is 1. The Bertz CT molecular complexity index is 814. The monoisotopic (exact) mass is 417 g/mol. The largest absolute Gasteiger partial charge is 0.338 e. The number of hydrogen-bond acceptors (Lipinski definition) is 2. The number of benzene rings is 2. The summed E-state index contributed by atoms with van der Waals surface area (Å²) in [4.78, 5) is 17.1. The third-order valence-corrected chi connectivity index (χ3v) is 4.58. The number of hydrogen-bond donors (Lipinski definition) is 1. The van der Waals surface area contributed by atoms with E-state index >= 15 is 0 Å². The standard InChI is InChI=1S/C18H16IN3O/c1-22-12-11-20-17(22)16(13-7-3-2-4-8-13)21-18(23)14-9-5-6-10-15(14)19/h2-12,16H,1H3,(H,21,23). The van der Waals surface area contributed by atoms with Gasteiger partial charge in [-0.05, 0) is 40.3 Å². The fourth-order valence-electron chi connectivity index (χ4n) is 2.45. The molecule has 0 radical (unpaired) electrons. The number of nitrogens with zero attached hydrogens (tertiary/aromatic N) is 2. The Morgan fingerprint density at radius 1 is 1.13 bits per heavy atom. The van der Waals surface area contributed by atoms with Crippen LogP contribution in [-0.4, -0.2) is 15.5 Å². The van der Waals surface area contributed by atoms with Gasteiger partial charge in [-0.15, -0.1) is 0 Å². The molecule has 1 N–H and O–H groups in total. The highest BCUT2D eigenvalue weighted by molar-refractivity contribution is 14.1. The molecule has 0 aliphatic carbocycles. The summed E-state index contributed by atoms with van der Waals surface area (Å²) in [5, 5.41) is 3.11. The summed E-state index contributed by atoms with van der Waals surface area (Å²) in [6.45, 7) is 0. The lowest BCUT2D eigenvalue weighted by atomic mass is 10.1. The number of aryl methyl sites for hydroxylation is 1. The van der Waals surface area contributed by atoms with Crippen molar-refractivity contribution in [2.24, 2.45) is 7.05 Å². The topological polar surface area (TPSA) is 46.9 Å². The molecule has 1 amide bonds. The molecule has 0 bridgehead atoms. The number of carbonyl (C=O) groups excluding carboxylic acids is 1. The zero-order valence-electron chi connectivity index (χ0n) is 12.6. The average Bonchev–Trinajstić information content (AvgIpc) is 2.99. The fourth-order valence-corrected chi connectivity index (χ4v) is 3.08. The molecule has 3 aromatic rings. The van der Waals surface area contributed by atoms with Gasteiger partial charge in [-0.3, -0.25) is 4.79 Å². The van der Waals surface area contributed by atoms with Crippen molar-refractivity contribution in [3.8, 4) is 0 Å². The van der Waals surface area contributed by atoms with Crippen LogP contribution in [0.1, 0.15) is 27.8 Å². The van der Waals surface area contributed by atoms with E-state index in [9.17, 15) is 4.79 Å². The molecule has 0 spiro atoms. The minimum absolute atomic E-state index is 0.105. The maximum absolute atomic E-state index is 12.7. The van der Waals surface area contributed by atoms with Crippen LogP contribution in [0.4, 0.5) is 0 Å². The van der Waals surface area contributed by atoms with Crippen molar-refractivity contribution in [1.82, 2.24) is 14.9 Å². The van der Waals surface area contributed by atoms with Crippen molar-refractivity contribution in [1.29, 1.82) is 0 Å². The Balaban J connectivity index is 1.96. The molecule has 116 valence electrons. The molecule has 0 saturated heterocycles. The molecule has 4 nitrogen and oxygen atoms in total. The second-order valence-corrected chi connectivity index (χ2v) is 6.36. The summed E-state index contributed by atoms with van der Waals surface area (Å²) in [7, 11) is 1.93. The summed E-state index contributed by atoms with van der Waals surface area (Å²) in [6, 6.07) is 17.1. The highest BCUT2D eigenvalue weighted by Crippen LogP contribution is 2.21. The Kier molecular flexibility index (Phi) is 4.76. The molecule has 1 heterocycles. The first kappa shape index (κ1) is 15.7. The van der Waals surface area contributed by atoms with Gasteiger partial charge in [-0.25, -0.2) is 4.98 Å². The lowest BCUT2D eigenvalue weighted by molar-refractivity contribution is 0.0940. The second kappa shape index (κ2) is 6.95. The third kappa shape index (κ3) is 3.44. The van der Waals surface area contributed by atoms with Gasteiger partial charge in [0.1, 0.15) is 11.9 Å². The van der Waals surface area contributed by atoms with E-state index < -0.39 is 0 Å². The highest BCUT2D eigenvalue weighted by Gasteiger charge is 2.21. The van der Waals surface area contributed by atoms with Gasteiger partial charge in [-0.2, -0.15) is 0 Å². The van der Waals surface area contributed by atoms with Gasteiger partial charge in [0.25, 0.3) is 5.91 Å². The van der Waals surface area contributed by atoms with Gasteiger partial charge in [0.15, 0.2) is 0 Å². The minimum atomic E-state index is -0.292. The van der Waals surface area contributed by atoms with Crippen LogP contribution >= 0.6 is 22.6 Å². The Morgan fingerprint density at radius 2 is 1.83 bits per heavy atom. The van der Waals surface area contributed by atoms with Gasteiger partial charge in [0.2, 0.25) is 0 Å². The van der Waals surface area contributed by atoms with Gasteiger partial charge in [-0.1, -0.05) is 42.5 Å². The van der Waals surface area contributed by atoms with Crippen LogP contribution in [0.5, 0.6) is 0 Å². The van der Waals surface area contributed by atoms with Crippen LogP contribution in [-0.2, 0) is 7.05 Å². The molecular weight excluding hydrogens is 401 g/mol. The van der Waals surface area contributed by atoms with Crippen LogP contribution in [0.2, 0.25) is 0 Å². The Labute approximate surface area is 148 Å². The zero-order chi connectivity index (χ0) is 16.2. The third-order valence-electron chi connectivity index (χ3n) is 3.64. The Morgan fingerprint density at radius 3 is 2.48 bits per heavy atom. The van der Waals surface area contributed by atoms with Crippen molar-refractivity contribution in [3.05, 3.63) is 87.5 Å². The zero-order valence-corrected chi connectivity index (χ0v) is 14.8. The first-order valence-electron chi connectivity index (χ1n) is 7.24.